The van der Waals surface area contributed by atoms with Crippen molar-refractivity contribution in [3.63, 3.8) is 0 Å². The van der Waals surface area contributed by atoms with Crippen LogP contribution in [0, 0.1) is 12.8 Å². The third-order valence-corrected chi connectivity index (χ3v) is 5.57. The number of thioether (sulfide) groups is 1. The smallest absolute Gasteiger partial charge is 0.327 e. The zero-order chi connectivity index (χ0) is 15.1. The molecule has 3 N–H and O–H groups in total. The van der Waals surface area contributed by atoms with Crippen LogP contribution in [0.3, 0.4) is 0 Å². The number of nitrogen functional groups attached to an aromatic ring is 1. The molecule has 6 heteroatoms. The molecule has 2 aliphatic rings. The lowest BCUT2D eigenvalue weighted by Gasteiger charge is -2.27. The largest absolute Gasteiger partial charge is 0.480 e. The zero-order valence-electron chi connectivity index (χ0n) is 11.8. The van der Waals surface area contributed by atoms with E-state index in [1.165, 1.54) is 0 Å². The van der Waals surface area contributed by atoms with E-state index in [-0.39, 0.29) is 11.3 Å². The molecule has 1 aromatic rings. The summed E-state index contributed by atoms with van der Waals surface area (Å²) in [7, 11) is 0. The quantitative estimate of drug-likeness (QED) is 0.834. The molecule has 1 amide bonds. The Labute approximate surface area is 127 Å². The van der Waals surface area contributed by atoms with E-state index < -0.39 is 12.0 Å². The van der Waals surface area contributed by atoms with Crippen LogP contribution < -0.4 is 5.73 Å². The molecule has 1 aromatic carbocycles. The summed E-state index contributed by atoms with van der Waals surface area (Å²) in [5, 5.41) is 9.35. The fourth-order valence-corrected chi connectivity index (χ4v) is 4.27. The monoisotopic (exact) mass is 306 g/mol. The fraction of sp³-hybridized carbons (Fsp3) is 0.467. The lowest BCUT2D eigenvalue weighted by Crippen LogP contribution is -2.46. The summed E-state index contributed by atoms with van der Waals surface area (Å²) >= 11 is 1.58. The second-order valence-corrected chi connectivity index (χ2v) is 6.85. The predicted octanol–water partition coefficient (Wildman–Crippen LogP) is 1.96. The van der Waals surface area contributed by atoms with E-state index in [1.54, 1.807) is 34.9 Å². The normalized spacial score (nSPS) is 25.1. The molecule has 2 unspecified atom stereocenters. The first-order valence-electron chi connectivity index (χ1n) is 7.02. The van der Waals surface area contributed by atoms with Gasteiger partial charge in [-0.05, 0) is 43.4 Å². The van der Waals surface area contributed by atoms with Crippen molar-refractivity contribution in [1.29, 1.82) is 0 Å². The van der Waals surface area contributed by atoms with Gasteiger partial charge in [-0.1, -0.05) is 6.07 Å². The van der Waals surface area contributed by atoms with Crippen molar-refractivity contribution in [3.8, 4) is 0 Å². The van der Waals surface area contributed by atoms with Gasteiger partial charge in [0.25, 0.3) is 5.91 Å². The number of nitrogens with two attached hydrogens (primary N) is 1. The summed E-state index contributed by atoms with van der Waals surface area (Å²) in [5.74, 6) is -0.259. The van der Waals surface area contributed by atoms with Crippen LogP contribution >= 0.6 is 11.8 Å². The minimum Gasteiger partial charge on any atom is -0.480 e. The van der Waals surface area contributed by atoms with Gasteiger partial charge in [0, 0.05) is 17.0 Å². The first-order chi connectivity index (χ1) is 9.99. The summed E-state index contributed by atoms with van der Waals surface area (Å²) in [6, 6.07) is 4.42. The van der Waals surface area contributed by atoms with Crippen molar-refractivity contribution in [2.75, 3.05) is 11.5 Å². The number of amides is 1. The standard InChI is InChI=1S/C15H18N2O3S/c1-8-2-3-10(6-11(8)16)13(18)17-12(15(19)20)7-21-14(17)9-4-5-9/h2-3,6,9,12,14H,4-5,7,16H2,1H3,(H,19,20). The molecule has 1 saturated heterocycles. The van der Waals surface area contributed by atoms with Gasteiger partial charge in [-0.15, -0.1) is 11.8 Å². The zero-order valence-corrected chi connectivity index (χ0v) is 12.6. The van der Waals surface area contributed by atoms with Crippen LogP contribution in [0.5, 0.6) is 0 Å². The number of aryl methyl sites for hydroxylation is 1. The van der Waals surface area contributed by atoms with Crippen molar-refractivity contribution >= 4 is 29.3 Å². The molecule has 2 fully saturated rings. The highest BCUT2D eigenvalue weighted by Gasteiger charge is 2.48. The van der Waals surface area contributed by atoms with Crippen LogP contribution in [-0.2, 0) is 4.79 Å². The van der Waals surface area contributed by atoms with Crippen LogP contribution in [0.2, 0.25) is 0 Å². The Kier molecular flexibility index (Phi) is 3.57. The summed E-state index contributed by atoms with van der Waals surface area (Å²) in [4.78, 5) is 25.7. The van der Waals surface area contributed by atoms with Gasteiger partial charge in [-0.25, -0.2) is 4.79 Å². The van der Waals surface area contributed by atoms with E-state index in [0.717, 1.165) is 18.4 Å². The molecule has 112 valence electrons. The van der Waals surface area contributed by atoms with Gasteiger partial charge in [0.05, 0.1) is 5.37 Å². The summed E-state index contributed by atoms with van der Waals surface area (Å²) in [6.07, 6.45) is 2.15. The molecule has 0 radical (unpaired) electrons. The van der Waals surface area contributed by atoms with Gasteiger partial charge in [-0.3, -0.25) is 4.79 Å². The molecule has 1 aliphatic heterocycles. The van der Waals surface area contributed by atoms with Crippen molar-refractivity contribution in [3.05, 3.63) is 29.3 Å². The second-order valence-electron chi connectivity index (χ2n) is 5.70. The average molecular weight is 306 g/mol. The third-order valence-electron chi connectivity index (χ3n) is 4.11. The van der Waals surface area contributed by atoms with Crippen LogP contribution in [0.1, 0.15) is 28.8 Å². The van der Waals surface area contributed by atoms with Crippen molar-refractivity contribution in [2.45, 2.75) is 31.2 Å². The Bertz CT molecular complexity index is 601. The van der Waals surface area contributed by atoms with Crippen molar-refractivity contribution < 1.29 is 14.7 Å². The molecule has 1 aliphatic carbocycles. The number of carboxylic acid groups (broad SMARTS) is 1. The predicted molar refractivity (Wildman–Crippen MR) is 82.2 cm³/mol. The SMILES string of the molecule is Cc1ccc(C(=O)N2C(C(=O)O)CSC2C2CC2)cc1N. The molecule has 1 saturated carbocycles. The molecule has 3 rings (SSSR count). The molecule has 1 heterocycles. The molecule has 5 nitrogen and oxygen atoms in total. The van der Waals surface area contributed by atoms with Gasteiger partial charge < -0.3 is 15.7 Å². The number of carbonyl (C=O) groups is 2. The number of benzene rings is 1. The number of carboxylic acids is 1. The molecular formula is C15H18N2O3S. The van der Waals surface area contributed by atoms with Crippen LogP contribution in [0.15, 0.2) is 18.2 Å². The molecule has 2 atom stereocenters. The number of aliphatic carboxylic acids is 1. The van der Waals surface area contributed by atoms with Crippen LogP contribution in [0.4, 0.5) is 5.69 Å². The molecule has 0 spiro atoms. The van der Waals surface area contributed by atoms with Gasteiger partial charge >= 0.3 is 5.97 Å². The van der Waals surface area contributed by atoms with Crippen LogP contribution in [0.25, 0.3) is 0 Å². The number of hydrogen-bond donors (Lipinski definition) is 2. The maximum absolute atomic E-state index is 12.8. The number of rotatable bonds is 3. The highest BCUT2D eigenvalue weighted by atomic mass is 32.2. The number of hydrogen-bond acceptors (Lipinski definition) is 4. The molecule has 0 bridgehead atoms. The molecular weight excluding hydrogens is 288 g/mol. The van der Waals surface area contributed by atoms with Crippen molar-refractivity contribution in [2.24, 2.45) is 5.92 Å². The Balaban J connectivity index is 1.91. The van der Waals surface area contributed by atoms with Crippen molar-refractivity contribution in [1.82, 2.24) is 4.90 Å². The van der Waals surface area contributed by atoms with E-state index in [9.17, 15) is 14.7 Å². The Morgan fingerprint density at radius 3 is 2.67 bits per heavy atom. The summed E-state index contributed by atoms with van der Waals surface area (Å²) in [6.45, 7) is 1.88. The Morgan fingerprint density at radius 1 is 1.38 bits per heavy atom. The van der Waals surface area contributed by atoms with Crippen LogP contribution in [-0.4, -0.2) is 39.1 Å². The van der Waals surface area contributed by atoms with E-state index in [1.807, 2.05) is 6.92 Å². The minimum absolute atomic E-state index is 0.0128. The van der Waals surface area contributed by atoms with E-state index in [0.29, 0.717) is 22.9 Å². The van der Waals surface area contributed by atoms with E-state index in [2.05, 4.69) is 0 Å². The van der Waals surface area contributed by atoms with E-state index >= 15 is 0 Å². The number of carbonyl (C=O) groups excluding carboxylic acids is 1. The summed E-state index contributed by atoms with van der Waals surface area (Å²) in [5.41, 5.74) is 7.81. The second kappa shape index (κ2) is 5.26. The fourth-order valence-electron chi connectivity index (χ4n) is 2.64. The molecule has 21 heavy (non-hydrogen) atoms. The first-order valence-corrected chi connectivity index (χ1v) is 8.07. The van der Waals surface area contributed by atoms with E-state index in [4.69, 9.17) is 5.73 Å². The lowest BCUT2D eigenvalue weighted by molar-refractivity contribution is -0.141. The Hall–Kier alpha value is -1.69. The average Bonchev–Trinajstić information content (AvgIpc) is 3.19. The first kappa shape index (κ1) is 14.3. The van der Waals surface area contributed by atoms with Gasteiger partial charge in [-0.2, -0.15) is 0 Å². The maximum atomic E-state index is 12.8. The topological polar surface area (TPSA) is 83.6 Å². The maximum Gasteiger partial charge on any atom is 0.327 e. The Morgan fingerprint density at radius 2 is 2.10 bits per heavy atom. The number of nitrogens with zero attached hydrogens (tertiary/aromatic N) is 1. The summed E-state index contributed by atoms with van der Waals surface area (Å²) < 4.78 is 0. The molecule has 0 aromatic heterocycles. The number of anilines is 1. The third kappa shape index (κ3) is 2.60. The van der Waals surface area contributed by atoms with Gasteiger partial charge in [0.15, 0.2) is 0 Å². The highest BCUT2D eigenvalue weighted by molar-refractivity contribution is 8.00. The lowest BCUT2D eigenvalue weighted by atomic mass is 10.1. The highest BCUT2D eigenvalue weighted by Crippen LogP contribution is 2.46. The van der Waals surface area contributed by atoms with Gasteiger partial charge in [0.2, 0.25) is 0 Å². The van der Waals surface area contributed by atoms with Gasteiger partial charge in [0.1, 0.15) is 6.04 Å². The minimum atomic E-state index is -0.931.